The summed E-state index contributed by atoms with van der Waals surface area (Å²) >= 11 is 0. The zero-order valence-electron chi connectivity index (χ0n) is 10.7. The molecule has 0 saturated heterocycles. The van der Waals surface area contributed by atoms with Gasteiger partial charge in [0.15, 0.2) is 0 Å². The second-order valence-electron chi connectivity index (χ2n) is 3.96. The molecule has 0 aliphatic carbocycles. The molecule has 0 spiro atoms. The highest BCUT2D eigenvalue weighted by molar-refractivity contribution is 7.85. The van der Waals surface area contributed by atoms with Crippen molar-refractivity contribution in [3.8, 4) is 0 Å². The monoisotopic (exact) mass is 322 g/mol. The standard InChI is InChI=1S/C10H17F3O6S/c11-10(12,13)19-6-4-2-1-3-5-9(14)18-7-8-20(15,16)17/h1-8H2,(H,15,16,17). The summed E-state index contributed by atoms with van der Waals surface area (Å²) in [4.78, 5) is 11.1. The topological polar surface area (TPSA) is 89.9 Å². The number of ether oxygens (including phenoxy) is 2. The lowest BCUT2D eigenvalue weighted by Gasteiger charge is -2.06. The third-order valence-electron chi connectivity index (χ3n) is 2.15. The van der Waals surface area contributed by atoms with Crippen molar-refractivity contribution >= 4 is 16.1 Å². The summed E-state index contributed by atoms with van der Waals surface area (Å²) in [6.07, 6.45) is -2.89. The summed E-state index contributed by atoms with van der Waals surface area (Å²) < 4.78 is 71.9. The summed E-state index contributed by atoms with van der Waals surface area (Å²) in [5.41, 5.74) is 0. The number of halogens is 3. The van der Waals surface area contributed by atoms with Gasteiger partial charge in [-0.3, -0.25) is 14.1 Å². The Morgan fingerprint density at radius 1 is 1.05 bits per heavy atom. The summed E-state index contributed by atoms with van der Waals surface area (Å²) in [5, 5.41) is 0. The van der Waals surface area contributed by atoms with Crippen molar-refractivity contribution in [2.45, 2.75) is 38.5 Å². The number of esters is 1. The van der Waals surface area contributed by atoms with E-state index in [9.17, 15) is 26.4 Å². The average Bonchev–Trinajstić information content (AvgIpc) is 2.24. The first-order valence-corrected chi connectivity index (χ1v) is 7.52. The largest absolute Gasteiger partial charge is 0.522 e. The molecule has 0 aromatic rings. The number of carbonyl (C=O) groups excluding carboxylic acids is 1. The van der Waals surface area contributed by atoms with Crippen LogP contribution in [0.15, 0.2) is 0 Å². The van der Waals surface area contributed by atoms with Crippen LogP contribution < -0.4 is 0 Å². The molecule has 6 nitrogen and oxygen atoms in total. The molecule has 0 bridgehead atoms. The molecule has 120 valence electrons. The first kappa shape index (κ1) is 19.1. The molecule has 0 aliphatic rings. The summed E-state index contributed by atoms with van der Waals surface area (Å²) in [6.45, 7) is -0.834. The van der Waals surface area contributed by atoms with E-state index >= 15 is 0 Å². The highest BCUT2D eigenvalue weighted by Crippen LogP contribution is 2.16. The third kappa shape index (κ3) is 15.2. The van der Waals surface area contributed by atoms with Crippen LogP contribution in [0.5, 0.6) is 0 Å². The quantitative estimate of drug-likeness (QED) is 0.375. The van der Waals surface area contributed by atoms with E-state index in [2.05, 4.69) is 9.47 Å². The van der Waals surface area contributed by atoms with Crippen LogP contribution in [-0.4, -0.2) is 44.3 Å². The van der Waals surface area contributed by atoms with Gasteiger partial charge < -0.3 is 4.74 Å². The number of hydrogen-bond acceptors (Lipinski definition) is 5. The van der Waals surface area contributed by atoms with E-state index in [4.69, 9.17) is 4.55 Å². The van der Waals surface area contributed by atoms with Crippen LogP contribution >= 0.6 is 0 Å². The normalized spacial score (nSPS) is 12.4. The van der Waals surface area contributed by atoms with Gasteiger partial charge in [-0.1, -0.05) is 12.8 Å². The Morgan fingerprint density at radius 2 is 1.65 bits per heavy atom. The molecule has 0 radical (unpaired) electrons. The Labute approximate surface area is 115 Å². The van der Waals surface area contributed by atoms with Crippen LogP contribution in [0.1, 0.15) is 32.1 Å². The van der Waals surface area contributed by atoms with E-state index in [1.54, 1.807) is 0 Å². The van der Waals surface area contributed by atoms with Crippen molar-refractivity contribution in [3.05, 3.63) is 0 Å². The Bertz CT molecular complexity index is 379. The zero-order chi connectivity index (χ0) is 15.6. The van der Waals surface area contributed by atoms with Crippen LogP contribution in [0.4, 0.5) is 13.2 Å². The van der Waals surface area contributed by atoms with Gasteiger partial charge >= 0.3 is 12.3 Å². The molecule has 0 atom stereocenters. The second kappa shape index (κ2) is 9.14. The number of alkyl halides is 3. The number of rotatable bonds is 10. The molecule has 20 heavy (non-hydrogen) atoms. The molecule has 10 heteroatoms. The SMILES string of the molecule is O=C(CCCCCCOC(F)(F)F)OCCS(=O)(=O)O. The van der Waals surface area contributed by atoms with E-state index in [-0.39, 0.29) is 12.8 Å². The fraction of sp³-hybridized carbons (Fsp3) is 0.900. The van der Waals surface area contributed by atoms with Gasteiger partial charge in [0.1, 0.15) is 12.4 Å². The minimum atomic E-state index is -4.61. The van der Waals surface area contributed by atoms with Gasteiger partial charge in [0.05, 0.1) is 6.61 Å². The summed E-state index contributed by atoms with van der Waals surface area (Å²) in [5.74, 6) is -1.27. The van der Waals surface area contributed by atoms with Gasteiger partial charge in [-0.25, -0.2) is 0 Å². The fourth-order valence-corrected chi connectivity index (χ4v) is 1.54. The van der Waals surface area contributed by atoms with E-state index in [1.807, 2.05) is 0 Å². The van der Waals surface area contributed by atoms with E-state index < -0.39 is 41.4 Å². The van der Waals surface area contributed by atoms with Crippen molar-refractivity contribution in [1.82, 2.24) is 0 Å². The molecule has 0 saturated carbocycles. The van der Waals surface area contributed by atoms with Crippen LogP contribution in [0.25, 0.3) is 0 Å². The molecule has 0 heterocycles. The van der Waals surface area contributed by atoms with E-state index in [0.717, 1.165) is 0 Å². The van der Waals surface area contributed by atoms with Gasteiger partial charge in [0, 0.05) is 6.42 Å². The third-order valence-corrected chi connectivity index (χ3v) is 2.83. The van der Waals surface area contributed by atoms with Gasteiger partial charge in [-0.2, -0.15) is 8.42 Å². The molecule has 0 aliphatic heterocycles. The molecule has 0 rings (SSSR count). The highest BCUT2D eigenvalue weighted by atomic mass is 32.2. The Morgan fingerprint density at radius 3 is 2.20 bits per heavy atom. The van der Waals surface area contributed by atoms with Gasteiger partial charge in [-0.05, 0) is 12.8 Å². The number of carbonyl (C=O) groups is 1. The number of hydrogen-bond donors (Lipinski definition) is 1. The lowest BCUT2D eigenvalue weighted by molar-refractivity contribution is -0.324. The van der Waals surface area contributed by atoms with Crippen molar-refractivity contribution in [1.29, 1.82) is 0 Å². The van der Waals surface area contributed by atoms with Crippen molar-refractivity contribution in [2.75, 3.05) is 19.0 Å². The van der Waals surface area contributed by atoms with E-state index in [0.29, 0.717) is 19.3 Å². The minimum absolute atomic E-state index is 0.0472. The molecule has 1 N–H and O–H groups in total. The van der Waals surface area contributed by atoms with Crippen molar-refractivity contribution < 1.29 is 40.4 Å². The maximum absolute atomic E-state index is 11.6. The van der Waals surface area contributed by atoms with Crippen molar-refractivity contribution in [2.24, 2.45) is 0 Å². The first-order chi connectivity index (χ1) is 9.10. The Hall–Kier alpha value is -0.870. The Balaban J connectivity index is 3.40. The van der Waals surface area contributed by atoms with E-state index in [1.165, 1.54) is 0 Å². The van der Waals surface area contributed by atoms with Crippen LogP contribution in [-0.2, 0) is 24.4 Å². The molecular formula is C10H17F3O6S. The maximum Gasteiger partial charge on any atom is 0.522 e. The molecular weight excluding hydrogens is 305 g/mol. The first-order valence-electron chi connectivity index (χ1n) is 5.91. The zero-order valence-corrected chi connectivity index (χ0v) is 11.5. The number of unbranched alkanes of at least 4 members (excludes halogenated alkanes) is 3. The van der Waals surface area contributed by atoms with Gasteiger partial charge in [0.25, 0.3) is 10.1 Å². The smallest absolute Gasteiger partial charge is 0.464 e. The van der Waals surface area contributed by atoms with Crippen LogP contribution in [0.3, 0.4) is 0 Å². The highest BCUT2D eigenvalue weighted by Gasteiger charge is 2.28. The van der Waals surface area contributed by atoms with Gasteiger partial charge in [0.2, 0.25) is 0 Å². The Kier molecular flexibility index (Phi) is 8.74. The molecule has 0 aromatic heterocycles. The molecule has 0 amide bonds. The lowest BCUT2D eigenvalue weighted by Crippen LogP contribution is -2.14. The second-order valence-corrected chi connectivity index (χ2v) is 5.54. The predicted molar refractivity (Wildman–Crippen MR) is 62.5 cm³/mol. The fourth-order valence-electron chi connectivity index (χ4n) is 1.25. The minimum Gasteiger partial charge on any atom is -0.464 e. The molecule has 0 unspecified atom stereocenters. The van der Waals surface area contributed by atoms with Gasteiger partial charge in [-0.15, -0.1) is 13.2 Å². The average molecular weight is 322 g/mol. The summed E-state index contributed by atoms with van der Waals surface area (Å²) in [6, 6.07) is 0. The van der Waals surface area contributed by atoms with Crippen LogP contribution in [0.2, 0.25) is 0 Å². The molecule has 0 aromatic carbocycles. The predicted octanol–water partition coefficient (Wildman–Crippen LogP) is 1.90. The lowest BCUT2D eigenvalue weighted by atomic mass is 10.1. The maximum atomic E-state index is 11.6. The van der Waals surface area contributed by atoms with Crippen molar-refractivity contribution in [3.63, 3.8) is 0 Å². The molecule has 0 fully saturated rings. The summed E-state index contributed by atoms with van der Waals surface area (Å²) in [7, 11) is -4.15. The van der Waals surface area contributed by atoms with Crippen LogP contribution in [0, 0.1) is 0 Å².